The van der Waals surface area contributed by atoms with Gasteiger partial charge in [0.15, 0.2) is 0 Å². The molecule has 1 aromatic carbocycles. The number of ether oxygens (including phenoxy) is 2. The molecule has 0 aliphatic heterocycles. The first-order valence-electron chi connectivity index (χ1n) is 6.94. The minimum Gasteiger partial charge on any atom is -0.497 e. The molecule has 1 saturated carbocycles. The molecule has 0 radical (unpaired) electrons. The predicted molar refractivity (Wildman–Crippen MR) is 73.8 cm³/mol. The molecule has 0 aromatic heterocycles. The molecule has 2 nitrogen and oxygen atoms in total. The summed E-state index contributed by atoms with van der Waals surface area (Å²) < 4.78 is 49.9. The molecule has 21 heavy (non-hydrogen) atoms. The van der Waals surface area contributed by atoms with Crippen molar-refractivity contribution in [1.82, 2.24) is 0 Å². The Balaban J connectivity index is 0.00000220. The molecule has 112 valence electrons. The summed E-state index contributed by atoms with van der Waals surface area (Å²) in [6.07, 6.45) is 3.65. The van der Waals surface area contributed by atoms with Crippen molar-refractivity contribution in [3.8, 4) is 11.5 Å². The van der Waals surface area contributed by atoms with Crippen LogP contribution in [0.2, 0.25) is 0 Å². The second kappa shape index (κ2) is 8.24. The van der Waals surface area contributed by atoms with Gasteiger partial charge in [-0.2, -0.15) is 0 Å². The van der Waals surface area contributed by atoms with Crippen LogP contribution in [0, 0.1) is 5.92 Å². The van der Waals surface area contributed by atoms with Crippen molar-refractivity contribution < 1.29 is 73.8 Å². The van der Waals surface area contributed by atoms with E-state index in [2.05, 4.69) is 6.92 Å². The van der Waals surface area contributed by atoms with Crippen LogP contribution in [0.4, 0.5) is 12.9 Å². The molecule has 0 bridgehead atoms. The fourth-order valence-corrected chi connectivity index (χ4v) is 2.68. The van der Waals surface area contributed by atoms with Gasteiger partial charge in [-0.1, -0.05) is 18.8 Å². The molecule has 7 heteroatoms. The summed E-state index contributed by atoms with van der Waals surface area (Å²) in [5.41, 5.74) is -0.706. The van der Waals surface area contributed by atoms with Gasteiger partial charge in [-0.15, -0.1) is 0 Å². The zero-order valence-electron chi connectivity index (χ0n) is 12.7. The Labute approximate surface area is 166 Å². The summed E-state index contributed by atoms with van der Waals surface area (Å²) in [7, 11) is 1.35. The fourth-order valence-electron chi connectivity index (χ4n) is 2.68. The van der Waals surface area contributed by atoms with Crippen LogP contribution in [0.5, 0.6) is 11.5 Å². The Kier molecular flexibility index (Phi) is 7.60. The number of rotatable bonds is 4. The first kappa shape index (κ1) is 19.4. The summed E-state index contributed by atoms with van der Waals surface area (Å²) in [5.74, 6) is 0.632. The summed E-state index contributed by atoms with van der Waals surface area (Å²) in [6, 6.07) is 3.89. The van der Waals surface area contributed by atoms with Crippen molar-refractivity contribution in [2.75, 3.05) is 7.11 Å². The van der Waals surface area contributed by atoms with Crippen molar-refractivity contribution in [2.45, 2.75) is 38.7 Å². The molecule has 0 saturated heterocycles. The molecular weight excluding hydrogens is 307 g/mol. The zero-order valence-corrected chi connectivity index (χ0v) is 15.9. The maximum Gasteiger partial charge on any atom is 1.00 e. The van der Waals surface area contributed by atoms with Crippen molar-refractivity contribution in [2.24, 2.45) is 5.92 Å². The van der Waals surface area contributed by atoms with E-state index in [0.29, 0.717) is 5.92 Å². The number of hydrogen-bond donors (Lipinski definition) is 0. The number of halogens is 3. The van der Waals surface area contributed by atoms with Crippen LogP contribution in [0.25, 0.3) is 0 Å². The van der Waals surface area contributed by atoms with Gasteiger partial charge in [0, 0.05) is 0 Å². The maximum absolute atomic E-state index is 13.1. The van der Waals surface area contributed by atoms with Crippen molar-refractivity contribution in [3.63, 3.8) is 0 Å². The number of hydrogen-bond acceptors (Lipinski definition) is 2. The van der Waals surface area contributed by atoms with Crippen LogP contribution in [0.3, 0.4) is 0 Å². The smallest absolute Gasteiger partial charge is 0.497 e. The van der Waals surface area contributed by atoms with E-state index >= 15 is 0 Å². The molecule has 1 aliphatic carbocycles. The predicted octanol–water partition coefficient (Wildman–Crippen LogP) is 0.711. The van der Waals surface area contributed by atoms with Crippen molar-refractivity contribution in [3.05, 3.63) is 18.2 Å². The molecule has 0 spiro atoms. The van der Waals surface area contributed by atoms with Crippen LogP contribution in [0.15, 0.2) is 18.2 Å². The Morgan fingerprint density at radius 1 is 1.19 bits per heavy atom. The van der Waals surface area contributed by atoms with Gasteiger partial charge in [0.05, 0.1) is 19.0 Å². The van der Waals surface area contributed by atoms with Gasteiger partial charge in [-0.25, -0.2) is 0 Å². The molecule has 0 N–H and O–H groups in total. The molecule has 2 unspecified atom stereocenters. The zero-order chi connectivity index (χ0) is 14.8. The van der Waals surface area contributed by atoms with E-state index in [1.165, 1.54) is 19.2 Å². The van der Waals surface area contributed by atoms with Crippen LogP contribution in [0.1, 0.15) is 32.6 Å². The Bertz CT molecular complexity index is 468. The van der Waals surface area contributed by atoms with Gasteiger partial charge in [0.25, 0.3) is 0 Å². The Hall–Kier alpha value is 0.311. The Morgan fingerprint density at radius 2 is 1.90 bits per heavy atom. The second-order valence-corrected chi connectivity index (χ2v) is 5.49. The number of benzene rings is 1. The van der Waals surface area contributed by atoms with E-state index < -0.39 is 12.4 Å². The van der Waals surface area contributed by atoms with E-state index in [0.717, 1.165) is 31.7 Å². The van der Waals surface area contributed by atoms with Gasteiger partial charge in [0.1, 0.15) is 5.75 Å². The maximum atomic E-state index is 13.1. The first-order chi connectivity index (χ1) is 9.40. The summed E-state index contributed by atoms with van der Waals surface area (Å²) in [6.45, 7) is -3.00. The van der Waals surface area contributed by atoms with E-state index in [9.17, 15) is 12.9 Å². The molecule has 1 aromatic rings. The topological polar surface area (TPSA) is 18.5 Å². The molecule has 1 aliphatic rings. The molecule has 2 rings (SSSR count). The van der Waals surface area contributed by atoms with E-state index in [1.54, 1.807) is 0 Å². The van der Waals surface area contributed by atoms with E-state index in [1.807, 2.05) is 0 Å². The fraction of sp³-hybridized carbons (Fsp3) is 0.571. The standard InChI is InChI=1S/C14H19BF3O2.K/c1-10-4-3-5-12(8-10)20-14-7-6-11(19-2)9-13(14)15(16,17)18;/h6-7,9-10,12H,3-5,8H2,1-2H3;/q-1;+1. The van der Waals surface area contributed by atoms with Gasteiger partial charge < -0.3 is 22.4 Å². The van der Waals surface area contributed by atoms with E-state index in [-0.39, 0.29) is 69.0 Å². The van der Waals surface area contributed by atoms with Crippen LogP contribution >= 0.6 is 0 Å². The van der Waals surface area contributed by atoms with Gasteiger partial charge in [-0.05, 0) is 43.4 Å². The third-order valence-electron chi connectivity index (χ3n) is 3.75. The second-order valence-electron chi connectivity index (χ2n) is 5.49. The average molecular weight is 326 g/mol. The number of methoxy groups -OCH3 is 1. The third kappa shape index (κ3) is 5.46. The Morgan fingerprint density at radius 3 is 2.48 bits per heavy atom. The van der Waals surface area contributed by atoms with Gasteiger partial charge >= 0.3 is 58.4 Å². The monoisotopic (exact) mass is 326 g/mol. The molecule has 0 heterocycles. The van der Waals surface area contributed by atoms with Crippen molar-refractivity contribution >= 4 is 12.4 Å². The minimum absolute atomic E-state index is 0. The van der Waals surface area contributed by atoms with Crippen LogP contribution < -0.4 is 66.3 Å². The van der Waals surface area contributed by atoms with Crippen LogP contribution in [-0.4, -0.2) is 20.2 Å². The summed E-state index contributed by atoms with van der Waals surface area (Å²) in [5, 5.41) is 0. The normalized spacial score (nSPS) is 22.3. The van der Waals surface area contributed by atoms with Gasteiger partial charge in [0.2, 0.25) is 0 Å². The van der Waals surface area contributed by atoms with E-state index in [4.69, 9.17) is 9.47 Å². The minimum atomic E-state index is -5.11. The summed E-state index contributed by atoms with van der Waals surface area (Å²) >= 11 is 0. The molecular formula is C14H19BF3KO2. The largest absolute Gasteiger partial charge is 1.00 e. The quantitative estimate of drug-likeness (QED) is 0.759. The third-order valence-corrected chi connectivity index (χ3v) is 3.75. The van der Waals surface area contributed by atoms with Crippen molar-refractivity contribution in [1.29, 1.82) is 0 Å². The molecule has 0 amide bonds. The average Bonchev–Trinajstić information content (AvgIpc) is 2.38. The molecule has 2 atom stereocenters. The first-order valence-corrected chi connectivity index (χ1v) is 6.94. The van der Waals surface area contributed by atoms with Crippen LogP contribution in [-0.2, 0) is 0 Å². The SMILES string of the molecule is COc1ccc(OC2CCCC(C)C2)c([B-](F)(F)F)c1.[K+]. The van der Waals surface area contributed by atoms with Gasteiger partial charge in [-0.3, -0.25) is 0 Å². The molecule has 1 fully saturated rings. The summed E-state index contributed by atoms with van der Waals surface area (Å²) in [4.78, 5) is 0.